The van der Waals surface area contributed by atoms with Gasteiger partial charge in [0.25, 0.3) is 0 Å². The molecule has 1 fully saturated rings. The normalized spacial score (nSPS) is 19.3. The summed E-state index contributed by atoms with van der Waals surface area (Å²) in [6.07, 6.45) is 3.24. The van der Waals surface area contributed by atoms with E-state index in [1.165, 1.54) is 0 Å². The first-order valence-electron chi connectivity index (χ1n) is 6.52. The second-order valence-corrected chi connectivity index (χ2v) is 4.85. The molecule has 104 valence electrons. The van der Waals surface area contributed by atoms with Crippen LogP contribution in [0.15, 0.2) is 0 Å². The molecule has 1 aromatic heterocycles. The van der Waals surface area contributed by atoms with Crippen molar-refractivity contribution in [2.24, 2.45) is 0 Å². The third-order valence-electron chi connectivity index (χ3n) is 3.52. The van der Waals surface area contributed by atoms with Gasteiger partial charge >= 0.3 is 5.69 Å². The fourth-order valence-electron chi connectivity index (χ4n) is 2.49. The van der Waals surface area contributed by atoms with Crippen LogP contribution in [0.25, 0.3) is 0 Å². The maximum atomic E-state index is 11.3. The molecule has 0 saturated carbocycles. The van der Waals surface area contributed by atoms with Crippen LogP contribution in [0.1, 0.15) is 31.9 Å². The summed E-state index contributed by atoms with van der Waals surface area (Å²) in [5.41, 5.74) is 0.421. The van der Waals surface area contributed by atoms with Crippen LogP contribution in [0.2, 0.25) is 0 Å². The number of hydrogen-bond donors (Lipinski definition) is 1. The van der Waals surface area contributed by atoms with Crippen molar-refractivity contribution in [3.63, 3.8) is 0 Å². The monoisotopic (exact) mass is 265 g/mol. The summed E-state index contributed by atoms with van der Waals surface area (Å²) >= 11 is 0. The highest BCUT2D eigenvalue weighted by Crippen LogP contribution is 2.33. The second-order valence-electron chi connectivity index (χ2n) is 4.85. The number of nitrogens with one attached hydrogen (secondary N) is 1. The van der Waals surface area contributed by atoms with Gasteiger partial charge in [-0.2, -0.15) is 4.98 Å². The lowest BCUT2D eigenvalue weighted by atomic mass is 10.0. The molecule has 1 N–H and O–H groups in total. The van der Waals surface area contributed by atoms with Gasteiger partial charge in [-0.15, -0.1) is 0 Å². The second kappa shape index (κ2) is 5.38. The van der Waals surface area contributed by atoms with Crippen LogP contribution in [0.4, 0.5) is 17.5 Å². The molecule has 2 heterocycles. The summed E-state index contributed by atoms with van der Waals surface area (Å²) in [4.78, 5) is 21.3. The molecule has 1 atom stereocenters. The van der Waals surface area contributed by atoms with Crippen molar-refractivity contribution >= 4 is 17.5 Å². The summed E-state index contributed by atoms with van der Waals surface area (Å²) in [6.45, 7) is 4.54. The minimum atomic E-state index is -0.383. The quantitative estimate of drug-likeness (QED) is 0.665. The molecule has 7 heteroatoms. The highest BCUT2D eigenvalue weighted by atomic mass is 16.6. The Morgan fingerprint density at radius 2 is 2.16 bits per heavy atom. The van der Waals surface area contributed by atoms with Crippen molar-refractivity contribution < 1.29 is 4.92 Å². The van der Waals surface area contributed by atoms with Gasteiger partial charge in [0.2, 0.25) is 11.8 Å². The number of nitro groups is 1. The Hall–Kier alpha value is -1.92. The van der Waals surface area contributed by atoms with Crippen molar-refractivity contribution in [3.8, 4) is 0 Å². The van der Waals surface area contributed by atoms with Crippen LogP contribution in [0.5, 0.6) is 0 Å². The number of hydrogen-bond acceptors (Lipinski definition) is 6. The van der Waals surface area contributed by atoms with Gasteiger partial charge in [0.1, 0.15) is 5.69 Å². The molecule has 0 amide bonds. The van der Waals surface area contributed by atoms with Crippen molar-refractivity contribution in [2.45, 2.75) is 39.2 Å². The topological polar surface area (TPSA) is 84.2 Å². The SMILES string of the molecule is CNc1nc(C)c([N+](=O)[O-])c(N2CCCCC2C)n1. The fraction of sp³-hybridized carbons (Fsp3) is 0.667. The van der Waals surface area contributed by atoms with Gasteiger partial charge in [-0.1, -0.05) is 0 Å². The minimum Gasteiger partial charge on any atom is -0.357 e. The minimum absolute atomic E-state index is 0.0211. The third kappa shape index (κ3) is 2.59. The zero-order valence-electron chi connectivity index (χ0n) is 11.5. The molecule has 19 heavy (non-hydrogen) atoms. The molecule has 7 nitrogen and oxygen atoms in total. The van der Waals surface area contributed by atoms with Gasteiger partial charge < -0.3 is 10.2 Å². The third-order valence-corrected chi connectivity index (χ3v) is 3.52. The van der Waals surface area contributed by atoms with Crippen molar-refractivity contribution in [1.82, 2.24) is 9.97 Å². The number of nitrogens with zero attached hydrogens (tertiary/aromatic N) is 4. The predicted octanol–water partition coefficient (Wildman–Crippen LogP) is 2.11. The summed E-state index contributed by atoms with van der Waals surface area (Å²) < 4.78 is 0. The fourth-order valence-corrected chi connectivity index (χ4v) is 2.49. The number of aryl methyl sites for hydroxylation is 1. The predicted molar refractivity (Wildman–Crippen MR) is 73.6 cm³/mol. The lowest BCUT2D eigenvalue weighted by molar-refractivity contribution is -0.385. The molecular formula is C12H19N5O2. The number of aromatic nitrogens is 2. The Bertz CT molecular complexity index is 491. The Morgan fingerprint density at radius 3 is 2.74 bits per heavy atom. The lowest BCUT2D eigenvalue weighted by Crippen LogP contribution is -2.38. The van der Waals surface area contributed by atoms with Crippen LogP contribution in [0.3, 0.4) is 0 Å². The van der Waals surface area contributed by atoms with Crippen LogP contribution >= 0.6 is 0 Å². The molecular weight excluding hydrogens is 246 g/mol. The van der Waals surface area contributed by atoms with Gasteiger partial charge in [0.05, 0.1) is 4.92 Å². The van der Waals surface area contributed by atoms with Crippen LogP contribution < -0.4 is 10.2 Å². The van der Waals surface area contributed by atoms with E-state index in [9.17, 15) is 10.1 Å². The van der Waals surface area contributed by atoms with Crippen LogP contribution in [-0.4, -0.2) is 34.5 Å². The molecule has 0 bridgehead atoms. The summed E-state index contributed by atoms with van der Waals surface area (Å²) in [7, 11) is 1.71. The van der Waals surface area contributed by atoms with Crippen molar-refractivity contribution in [3.05, 3.63) is 15.8 Å². The summed E-state index contributed by atoms with van der Waals surface area (Å²) in [6, 6.07) is 0.270. The number of anilines is 2. The van der Waals surface area contributed by atoms with E-state index in [1.807, 2.05) is 4.90 Å². The molecule has 2 rings (SSSR count). The summed E-state index contributed by atoms with van der Waals surface area (Å²) in [5.74, 6) is 0.866. The smallest absolute Gasteiger partial charge is 0.332 e. The molecule has 1 saturated heterocycles. The number of rotatable bonds is 3. The van der Waals surface area contributed by atoms with E-state index in [4.69, 9.17) is 0 Å². The highest BCUT2D eigenvalue weighted by Gasteiger charge is 2.30. The Balaban J connectivity index is 2.52. The molecule has 0 spiro atoms. The average molecular weight is 265 g/mol. The van der Waals surface area contributed by atoms with E-state index in [0.29, 0.717) is 17.5 Å². The molecule has 1 aliphatic heterocycles. The van der Waals surface area contributed by atoms with E-state index in [1.54, 1.807) is 14.0 Å². The van der Waals surface area contributed by atoms with Crippen LogP contribution in [-0.2, 0) is 0 Å². The molecule has 1 unspecified atom stereocenters. The molecule has 0 aliphatic carbocycles. The standard InChI is InChI=1S/C12H19N5O2/c1-8-6-4-5-7-16(8)11-10(17(18)19)9(2)14-12(13-3)15-11/h8H,4-7H2,1-3H3,(H,13,14,15). The Labute approximate surface area is 112 Å². The van der Waals surface area contributed by atoms with E-state index in [-0.39, 0.29) is 16.7 Å². The highest BCUT2D eigenvalue weighted by molar-refractivity contribution is 5.63. The van der Waals surface area contributed by atoms with Crippen molar-refractivity contribution in [1.29, 1.82) is 0 Å². The Kier molecular flexibility index (Phi) is 3.82. The first kappa shape index (κ1) is 13.5. The Morgan fingerprint density at radius 1 is 1.42 bits per heavy atom. The molecule has 1 aliphatic rings. The first-order valence-corrected chi connectivity index (χ1v) is 6.52. The zero-order valence-corrected chi connectivity index (χ0v) is 11.5. The van der Waals surface area contributed by atoms with Gasteiger partial charge in [-0.25, -0.2) is 4.98 Å². The van der Waals surface area contributed by atoms with Crippen LogP contribution in [0, 0.1) is 17.0 Å². The number of piperidine rings is 1. The molecule has 0 aromatic carbocycles. The maximum absolute atomic E-state index is 11.3. The average Bonchev–Trinajstić information content (AvgIpc) is 2.37. The van der Waals surface area contributed by atoms with E-state index in [0.717, 1.165) is 25.8 Å². The van der Waals surface area contributed by atoms with E-state index >= 15 is 0 Å². The largest absolute Gasteiger partial charge is 0.357 e. The van der Waals surface area contributed by atoms with E-state index in [2.05, 4.69) is 22.2 Å². The van der Waals surface area contributed by atoms with Gasteiger partial charge in [0, 0.05) is 19.6 Å². The first-order chi connectivity index (χ1) is 9.04. The zero-order chi connectivity index (χ0) is 14.0. The molecule has 0 radical (unpaired) electrons. The van der Waals surface area contributed by atoms with Gasteiger partial charge in [-0.3, -0.25) is 10.1 Å². The van der Waals surface area contributed by atoms with Gasteiger partial charge in [-0.05, 0) is 33.1 Å². The van der Waals surface area contributed by atoms with Gasteiger partial charge in [0.15, 0.2) is 0 Å². The van der Waals surface area contributed by atoms with E-state index < -0.39 is 0 Å². The molecule has 1 aromatic rings. The maximum Gasteiger partial charge on any atom is 0.332 e. The summed E-state index contributed by atoms with van der Waals surface area (Å²) in [5, 5.41) is 14.1. The van der Waals surface area contributed by atoms with Crippen molar-refractivity contribution in [2.75, 3.05) is 23.8 Å². The lowest BCUT2D eigenvalue weighted by Gasteiger charge is -2.34.